The maximum absolute atomic E-state index is 13.8. The number of oxazole rings is 1. The fourth-order valence-corrected chi connectivity index (χ4v) is 3.56. The molecule has 0 unspecified atom stereocenters. The lowest BCUT2D eigenvalue weighted by Gasteiger charge is -2.02. The molecule has 28 heavy (non-hydrogen) atoms. The average Bonchev–Trinajstić information content (AvgIpc) is 3.31. The smallest absolute Gasteiger partial charge is 0.306 e. The molecule has 0 atom stereocenters. The highest BCUT2D eigenvalue weighted by Gasteiger charge is 2.16. The van der Waals surface area contributed by atoms with Gasteiger partial charge >= 0.3 is 5.97 Å². The zero-order valence-electron chi connectivity index (χ0n) is 14.5. The first-order valence-electron chi connectivity index (χ1n) is 8.49. The third-order valence-corrected chi connectivity index (χ3v) is 5.01. The van der Waals surface area contributed by atoms with E-state index in [0.717, 1.165) is 22.3 Å². The number of carbonyl (C=O) groups is 1. The predicted molar refractivity (Wildman–Crippen MR) is 99.6 cm³/mol. The lowest BCUT2D eigenvalue weighted by Crippen LogP contribution is -2.05. The number of aryl methyl sites for hydroxylation is 1. The maximum Gasteiger partial charge on any atom is 0.306 e. The number of hydrogen-bond acceptors (Lipinski definition) is 6. The molecule has 0 saturated heterocycles. The van der Waals surface area contributed by atoms with Crippen molar-refractivity contribution in [3.05, 3.63) is 71.2 Å². The Balaban J connectivity index is 1.33. The van der Waals surface area contributed by atoms with Crippen molar-refractivity contribution in [3.8, 4) is 11.3 Å². The van der Waals surface area contributed by atoms with Crippen LogP contribution in [0.15, 0.2) is 53.1 Å². The van der Waals surface area contributed by atoms with Crippen LogP contribution in [0.25, 0.3) is 21.5 Å². The first kappa shape index (κ1) is 18.2. The summed E-state index contributed by atoms with van der Waals surface area (Å²) in [5.74, 6) is -1.73. The van der Waals surface area contributed by atoms with Crippen LogP contribution in [0.1, 0.15) is 17.3 Å². The van der Waals surface area contributed by atoms with Gasteiger partial charge < -0.3 is 9.15 Å². The first-order chi connectivity index (χ1) is 13.6. The third kappa shape index (κ3) is 3.91. The highest BCUT2D eigenvalue weighted by molar-refractivity contribution is 7.18. The fourth-order valence-electron chi connectivity index (χ4n) is 2.68. The highest BCUT2D eigenvalue weighted by atomic mass is 32.1. The number of carbonyl (C=O) groups excluding carboxylic acids is 1. The van der Waals surface area contributed by atoms with Crippen LogP contribution in [0.4, 0.5) is 8.78 Å². The van der Waals surface area contributed by atoms with Crippen molar-refractivity contribution in [2.75, 3.05) is 0 Å². The standard InChI is InChI=1S/C20H14F2N2O3S/c21-12-4-3-5-13(22)20(12)15-10-23-17(27-15)8-9-19(25)26-11-18-24-14-6-1-2-7-16(14)28-18/h1-7,10H,8-9,11H2. The molecule has 0 aliphatic rings. The summed E-state index contributed by atoms with van der Waals surface area (Å²) in [5.41, 5.74) is 0.589. The van der Waals surface area contributed by atoms with Gasteiger partial charge in [0.15, 0.2) is 11.7 Å². The van der Waals surface area contributed by atoms with Gasteiger partial charge in [0, 0.05) is 6.42 Å². The number of benzene rings is 2. The molecule has 2 aromatic heterocycles. The molecule has 0 bridgehead atoms. The van der Waals surface area contributed by atoms with Gasteiger partial charge in [-0.15, -0.1) is 11.3 Å². The number of nitrogens with zero attached hydrogens (tertiary/aromatic N) is 2. The van der Waals surface area contributed by atoms with E-state index in [1.165, 1.54) is 23.6 Å². The molecule has 0 aliphatic heterocycles. The van der Waals surface area contributed by atoms with Crippen molar-refractivity contribution >= 4 is 27.5 Å². The van der Waals surface area contributed by atoms with Crippen LogP contribution in [0.3, 0.4) is 0 Å². The van der Waals surface area contributed by atoms with Crippen molar-refractivity contribution in [1.82, 2.24) is 9.97 Å². The van der Waals surface area contributed by atoms with Gasteiger partial charge in [0.1, 0.15) is 23.2 Å². The Morgan fingerprint density at radius 1 is 1.11 bits per heavy atom. The number of para-hydroxylation sites is 1. The number of fused-ring (bicyclic) bond motifs is 1. The number of esters is 1. The zero-order chi connectivity index (χ0) is 19.5. The van der Waals surface area contributed by atoms with Gasteiger partial charge in [-0.2, -0.15) is 0 Å². The van der Waals surface area contributed by atoms with Gasteiger partial charge in [0.2, 0.25) is 0 Å². The minimum Gasteiger partial charge on any atom is -0.458 e. The molecule has 0 N–H and O–H groups in total. The van der Waals surface area contributed by atoms with E-state index in [0.29, 0.717) is 5.01 Å². The molecule has 0 amide bonds. The van der Waals surface area contributed by atoms with Crippen LogP contribution in [-0.4, -0.2) is 15.9 Å². The van der Waals surface area contributed by atoms with E-state index in [1.54, 1.807) is 0 Å². The molecule has 4 rings (SSSR count). The van der Waals surface area contributed by atoms with Gasteiger partial charge in [0.25, 0.3) is 0 Å². The quantitative estimate of drug-likeness (QED) is 0.431. The number of thiazole rings is 1. The van der Waals surface area contributed by atoms with Crippen LogP contribution in [0.2, 0.25) is 0 Å². The summed E-state index contributed by atoms with van der Waals surface area (Å²) in [7, 11) is 0. The molecule has 8 heteroatoms. The van der Waals surface area contributed by atoms with Crippen LogP contribution in [-0.2, 0) is 22.6 Å². The van der Waals surface area contributed by atoms with Crippen LogP contribution in [0, 0.1) is 11.6 Å². The number of rotatable bonds is 6. The van der Waals surface area contributed by atoms with Gasteiger partial charge in [-0.3, -0.25) is 4.79 Å². The number of aromatic nitrogens is 2. The molecule has 5 nitrogen and oxygen atoms in total. The van der Waals surface area contributed by atoms with E-state index in [1.807, 2.05) is 24.3 Å². The molecule has 0 aliphatic carbocycles. The van der Waals surface area contributed by atoms with E-state index < -0.39 is 17.6 Å². The Morgan fingerprint density at radius 3 is 2.68 bits per heavy atom. The Kier molecular flexibility index (Phi) is 5.12. The topological polar surface area (TPSA) is 65.2 Å². The normalized spacial score (nSPS) is 11.1. The summed E-state index contributed by atoms with van der Waals surface area (Å²) in [6, 6.07) is 11.2. The predicted octanol–water partition coefficient (Wildman–Crippen LogP) is 4.91. The number of ether oxygens (including phenoxy) is 1. The molecular formula is C20H14F2N2O3S. The number of hydrogen-bond donors (Lipinski definition) is 0. The minimum atomic E-state index is -0.738. The average molecular weight is 400 g/mol. The van der Waals surface area contributed by atoms with Crippen LogP contribution in [0.5, 0.6) is 0 Å². The van der Waals surface area contributed by atoms with Crippen LogP contribution < -0.4 is 0 Å². The van der Waals surface area contributed by atoms with E-state index in [-0.39, 0.29) is 36.7 Å². The second-order valence-corrected chi connectivity index (χ2v) is 7.07. The summed E-state index contributed by atoms with van der Waals surface area (Å²) in [5, 5.41) is 0.711. The first-order valence-corrected chi connectivity index (χ1v) is 9.31. The monoisotopic (exact) mass is 400 g/mol. The molecule has 2 aromatic carbocycles. The van der Waals surface area contributed by atoms with Crippen molar-refractivity contribution < 1.29 is 22.7 Å². The molecule has 142 valence electrons. The highest BCUT2D eigenvalue weighted by Crippen LogP contribution is 2.27. The largest absolute Gasteiger partial charge is 0.458 e. The lowest BCUT2D eigenvalue weighted by molar-refractivity contribution is -0.145. The summed E-state index contributed by atoms with van der Waals surface area (Å²) in [4.78, 5) is 20.3. The Morgan fingerprint density at radius 2 is 1.89 bits per heavy atom. The minimum absolute atomic E-state index is 0.0200. The van der Waals surface area contributed by atoms with Gasteiger partial charge in [-0.05, 0) is 24.3 Å². The number of halogens is 2. The van der Waals surface area contributed by atoms with Gasteiger partial charge in [0.05, 0.1) is 28.4 Å². The Hall–Kier alpha value is -3.13. The van der Waals surface area contributed by atoms with Crippen LogP contribution >= 0.6 is 11.3 Å². The molecule has 0 saturated carbocycles. The molecule has 4 aromatic rings. The van der Waals surface area contributed by atoms with E-state index >= 15 is 0 Å². The summed E-state index contributed by atoms with van der Waals surface area (Å²) < 4.78 is 39.2. The fraction of sp³-hybridized carbons (Fsp3) is 0.150. The molecular weight excluding hydrogens is 386 g/mol. The second kappa shape index (κ2) is 7.85. The van der Waals surface area contributed by atoms with Gasteiger partial charge in [-0.1, -0.05) is 18.2 Å². The molecule has 2 heterocycles. The van der Waals surface area contributed by atoms with E-state index in [4.69, 9.17) is 9.15 Å². The van der Waals surface area contributed by atoms with E-state index in [2.05, 4.69) is 9.97 Å². The van der Waals surface area contributed by atoms with Gasteiger partial charge in [-0.25, -0.2) is 18.7 Å². The zero-order valence-corrected chi connectivity index (χ0v) is 15.3. The summed E-state index contributed by atoms with van der Waals surface area (Å²) in [6.07, 6.45) is 1.43. The summed E-state index contributed by atoms with van der Waals surface area (Å²) >= 11 is 1.47. The lowest BCUT2D eigenvalue weighted by atomic mass is 10.1. The third-order valence-electron chi connectivity index (χ3n) is 4.00. The van der Waals surface area contributed by atoms with Crippen molar-refractivity contribution in [3.63, 3.8) is 0 Å². The molecule has 0 radical (unpaired) electrons. The molecule has 0 fully saturated rings. The second-order valence-electron chi connectivity index (χ2n) is 5.95. The Bertz CT molecular complexity index is 1090. The summed E-state index contributed by atoms with van der Waals surface area (Å²) in [6.45, 7) is 0.0927. The van der Waals surface area contributed by atoms with Crippen molar-refractivity contribution in [1.29, 1.82) is 0 Å². The van der Waals surface area contributed by atoms with Crippen molar-refractivity contribution in [2.24, 2.45) is 0 Å². The maximum atomic E-state index is 13.8. The SMILES string of the molecule is O=C(CCc1ncc(-c2c(F)cccc2F)o1)OCc1nc2ccccc2s1. The van der Waals surface area contributed by atoms with Crippen molar-refractivity contribution in [2.45, 2.75) is 19.4 Å². The molecule has 0 spiro atoms. The Labute approximate surface area is 162 Å². The van der Waals surface area contributed by atoms with E-state index in [9.17, 15) is 13.6 Å².